The molecule has 0 spiro atoms. The van der Waals surface area contributed by atoms with Gasteiger partial charge in [0.15, 0.2) is 5.82 Å². The third-order valence-corrected chi connectivity index (χ3v) is 4.79. The Morgan fingerprint density at radius 1 is 1.33 bits per heavy atom. The molecule has 1 amide bonds. The van der Waals surface area contributed by atoms with Crippen LogP contribution in [0.4, 0.5) is 11.8 Å². The minimum absolute atomic E-state index is 0.0112. The Balaban J connectivity index is 1.82. The maximum absolute atomic E-state index is 13.1. The Kier molecular flexibility index (Phi) is 4.37. The van der Waals surface area contributed by atoms with Crippen molar-refractivity contribution in [1.29, 1.82) is 0 Å². The lowest BCUT2D eigenvalue weighted by molar-refractivity contribution is -0.113. The highest BCUT2D eigenvalue weighted by molar-refractivity contribution is 6.41. The molecule has 0 saturated heterocycles. The van der Waals surface area contributed by atoms with Gasteiger partial charge < -0.3 is 10.7 Å². The summed E-state index contributed by atoms with van der Waals surface area (Å²) in [5, 5.41) is 5.00. The maximum atomic E-state index is 13.1. The molecule has 0 saturated carbocycles. The van der Waals surface area contributed by atoms with Crippen molar-refractivity contribution in [1.82, 2.24) is 24.7 Å². The average Bonchev–Trinajstić information content (AvgIpc) is 3.31. The number of nitrogens with one attached hydrogen (secondary N) is 1. The van der Waals surface area contributed by atoms with Gasteiger partial charge in [0, 0.05) is 24.6 Å². The van der Waals surface area contributed by atoms with Crippen LogP contribution in [-0.4, -0.2) is 30.6 Å². The first kappa shape index (κ1) is 17.6. The molecule has 3 aromatic rings. The molecule has 4 heterocycles. The van der Waals surface area contributed by atoms with Crippen LogP contribution in [-0.2, 0) is 17.9 Å². The minimum Gasteiger partial charge on any atom is -0.368 e. The topological polar surface area (TPSA) is 106 Å². The average molecular weight is 404 g/mol. The van der Waals surface area contributed by atoms with Crippen LogP contribution >= 0.6 is 23.2 Å². The number of aryl methyl sites for hydroxylation is 1. The van der Waals surface area contributed by atoms with E-state index in [0.717, 1.165) is 5.69 Å². The molecule has 3 N–H and O–H groups in total. The summed E-state index contributed by atoms with van der Waals surface area (Å²) in [4.78, 5) is 25.9. The molecule has 0 radical (unpaired) electrons. The highest BCUT2D eigenvalue weighted by Gasteiger charge is 2.37. The predicted molar refractivity (Wildman–Crippen MR) is 104 cm³/mol. The van der Waals surface area contributed by atoms with E-state index in [-0.39, 0.29) is 23.6 Å². The third-order valence-electron chi connectivity index (χ3n) is 4.20. The van der Waals surface area contributed by atoms with Gasteiger partial charge >= 0.3 is 0 Å². The molecule has 0 atom stereocenters. The first-order valence-electron chi connectivity index (χ1n) is 8.20. The summed E-state index contributed by atoms with van der Waals surface area (Å²) in [6.45, 7) is 2.77. The van der Waals surface area contributed by atoms with Crippen molar-refractivity contribution in [2.45, 2.75) is 20.0 Å². The lowest BCUT2D eigenvalue weighted by Gasteiger charge is -2.15. The standard InChI is InChI=1S/C17H15Cl2N7O/c1-2-25-7-11(18)12(24-25)8-26-15-13(14(19)22-17(20)23-15)10(16(26)27)6-9-4-3-5-21-9/h3-7,21H,2,8H2,1H3,(H2,20,22,23). The largest absolute Gasteiger partial charge is 0.368 e. The van der Waals surface area contributed by atoms with E-state index in [4.69, 9.17) is 28.9 Å². The number of aromatic nitrogens is 5. The van der Waals surface area contributed by atoms with Crippen molar-refractivity contribution < 1.29 is 4.79 Å². The van der Waals surface area contributed by atoms with Gasteiger partial charge in [-0.05, 0) is 25.1 Å². The number of carbonyl (C=O) groups excluding carboxylic acids is 1. The van der Waals surface area contributed by atoms with Gasteiger partial charge in [0.05, 0.1) is 22.7 Å². The summed E-state index contributed by atoms with van der Waals surface area (Å²) < 4.78 is 1.70. The van der Waals surface area contributed by atoms with E-state index in [2.05, 4.69) is 20.1 Å². The van der Waals surface area contributed by atoms with Gasteiger partial charge in [0.1, 0.15) is 10.8 Å². The first-order valence-corrected chi connectivity index (χ1v) is 8.95. The molecule has 3 aromatic heterocycles. The molecule has 138 valence electrons. The molecule has 1 aliphatic rings. The summed E-state index contributed by atoms with van der Waals surface area (Å²) in [7, 11) is 0. The Morgan fingerprint density at radius 2 is 2.15 bits per heavy atom. The zero-order valence-electron chi connectivity index (χ0n) is 14.3. The summed E-state index contributed by atoms with van der Waals surface area (Å²) in [6.07, 6.45) is 5.19. The number of carbonyl (C=O) groups is 1. The Morgan fingerprint density at radius 3 is 2.81 bits per heavy atom. The number of nitrogen functional groups attached to an aromatic ring is 1. The number of H-pyrrole nitrogens is 1. The molecule has 0 fully saturated rings. The molecule has 27 heavy (non-hydrogen) atoms. The van der Waals surface area contributed by atoms with Crippen molar-refractivity contribution >= 4 is 52.5 Å². The van der Waals surface area contributed by atoms with Gasteiger partial charge in [-0.25, -0.2) is 4.98 Å². The fourth-order valence-corrected chi connectivity index (χ4v) is 3.42. The number of rotatable bonds is 4. The Hall–Kier alpha value is -2.84. The van der Waals surface area contributed by atoms with Gasteiger partial charge in [-0.3, -0.25) is 14.4 Å². The smallest absolute Gasteiger partial charge is 0.260 e. The second-order valence-electron chi connectivity index (χ2n) is 5.93. The van der Waals surface area contributed by atoms with Crippen LogP contribution in [0.3, 0.4) is 0 Å². The minimum atomic E-state index is -0.275. The maximum Gasteiger partial charge on any atom is 0.260 e. The number of nitrogens with two attached hydrogens (primary N) is 1. The second-order valence-corrected chi connectivity index (χ2v) is 6.69. The fourth-order valence-electron chi connectivity index (χ4n) is 2.94. The highest BCUT2D eigenvalue weighted by atomic mass is 35.5. The van der Waals surface area contributed by atoms with Gasteiger partial charge in [0.2, 0.25) is 5.95 Å². The van der Waals surface area contributed by atoms with Crippen molar-refractivity contribution in [3.63, 3.8) is 0 Å². The van der Waals surface area contributed by atoms with Crippen LogP contribution < -0.4 is 10.6 Å². The van der Waals surface area contributed by atoms with E-state index >= 15 is 0 Å². The van der Waals surface area contributed by atoms with Crippen molar-refractivity contribution in [3.05, 3.63) is 51.7 Å². The van der Waals surface area contributed by atoms with Gasteiger partial charge in [-0.2, -0.15) is 10.1 Å². The molecule has 4 rings (SSSR count). The fraction of sp³-hybridized carbons (Fsp3) is 0.176. The van der Waals surface area contributed by atoms with E-state index in [1.54, 1.807) is 23.2 Å². The normalized spacial score (nSPS) is 15.0. The third kappa shape index (κ3) is 3.07. The van der Waals surface area contributed by atoms with E-state index in [9.17, 15) is 4.79 Å². The molecule has 8 nitrogen and oxygen atoms in total. The summed E-state index contributed by atoms with van der Waals surface area (Å²) >= 11 is 12.6. The van der Waals surface area contributed by atoms with Crippen LogP contribution in [0.2, 0.25) is 10.2 Å². The van der Waals surface area contributed by atoms with Gasteiger partial charge in [-0.1, -0.05) is 23.2 Å². The zero-order chi connectivity index (χ0) is 19.1. The van der Waals surface area contributed by atoms with Crippen LogP contribution in [0.25, 0.3) is 11.6 Å². The summed E-state index contributed by atoms with van der Waals surface area (Å²) in [5.41, 5.74) is 7.89. The molecule has 10 heteroatoms. The molecule has 0 aromatic carbocycles. The molecule has 0 aliphatic carbocycles. The SMILES string of the molecule is CCn1cc(Cl)c(CN2C(=O)C(=Cc3ccc[nH]3)c3c(Cl)nc(N)nc32)n1. The van der Waals surface area contributed by atoms with E-state index in [1.165, 1.54) is 4.90 Å². The van der Waals surface area contributed by atoms with Crippen LogP contribution in [0, 0.1) is 0 Å². The lowest BCUT2D eigenvalue weighted by atomic mass is 10.1. The number of amides is 1. The molecule has 0 bridgehead atoms. The molecule has 1 aliphatic heterocycles. The molecular weight excluding hydrogens is 389 g/mol. The Bertz CT molecular complexity index is 1060. The molecule has 0 unspecified atom stereocenters. The number of hydrogen-bond donors (Lipinski definition) is 2. The number of hydrogen-bond acceptors (Lipinski definition) is 5. The molecular formula is C17H15Cl2N7O. The monoisotopic (exact) mass is 403 g/mol. The zero-order valence-corrected chi connectivity index (χ0v) is 15.8. The lowest BCUT2D eigenvalue weighted by Crippen LogP contribution is -2.27. The summed E-state index contributed by atoms with van der Waals surface area (Å²) in [6, 6.07) is 3.68. The van der Waals surface area contributed by atoms with Crippen LogP contribution in [0.15, 0.2) is 24.5 Å². The highest BCUT2D eigenvalue weighted by Crippen LogP contribution is 2.41. The number of anilines is 2. The van der Waals surface area contributed by atoms with Crippen LogP contribution in [0.5, 0.6) is 0 Å². The van der Waals surface area contributed by atoms with Crippen molar-refractivity contribution in [2.24, 2.45) is 0 Å². The van der Waals surface area contributed by atoms with E-state index in [0.29, 0.717) is 34.2 Å². The van der Waals surface area contributed by atoms with Gasteiger partial charge in [-0.15, -0.1) is 0 Å². The van der Waals surface area contributed by atoms with Crippen LogP contribution in [0.1, 0.15) is 23.9 Å². The summed E-state index contributed by atoms with van der Waals surface area (Å²) in [5.74, 6) is 0.0591. The number of aromatic amines is 1. The predicted octanol–water partition coefficient (Wildman–Crippen LogP) is 3.00. The second kappa shape index (κ2) is 6.71. The van der Waals surface area contributed by atoms with Gasteiger partial charge in [0.25, 0.3) is 5.91 Å². The quantitative estimate of drug-likeness (QED) is 0.514. The first-order chi connectivity index (χ1) is 13.0. The Labute approximate surface area is 164 Å². The number of fused-ring (bicyclic) bond motifs is 1. The number of nitrogens with zero attached hydrogens (tertiary/aromatic N) is 5. The van der Waals surface area contributed by atoms with Crippen molar-refractivity contribution in [3.8, 4) is 0 Å². The van der Waals surface area contributed by atoms with Crippen molar-refractivity contribution in [2.75, 3.05) is 10.6 Å². The number of halogens is 2. The van der Waals surface area contributed by atoms with E-state index < -0.39 is 0 Å². The van der Waals surface area contributed by atoms with E-state index in [1.807, 2.05) is 19.1 Å².